The highest BCUT2D eigenvalue weighted by Gasteiger charge is 2.13. The second-order valence-corrected chi connectivity index (χ2v) is 4.19. The van der Waals surface area contributed by atoms with E-state index >= 15 is 0 Å². The average molecular weight is 294 g/mol. The van der Waals surface area contributed by atoms with Gasteiger partial charge in [-0.15, -0.1) is 0 Å². The van der Waals surface area contributed by atoms with Crippen molar-refractivity contribution in [1.82, 2.24) is 0 Å². The number of carboxylic acids is 1. The Hall–Kier alpha value is -2.63. The van der Waals surface area contributed by atoms with Crippen molar-refractivity contribution in [2.24, 2.45) is 0 Å². The number of carboxylic acid groups (broad SMARTS) is 1. The third-order valence-electron chi connectivity index (χ3n) is 2.82. The van der Waals surface area contributed by atoms with E-state index in [1.807, 2.05) is 0 Å². The molecule has 0 saturated heterocycles. The summed E-state index contributed by atoms with van der Waals surface area (Å²) >= 11 is 0. The van der Waals surface area contributed by atoms with Crippen molar-refractivity contribution >= 4 is 5.97 Å². The fraction of sp³-hybridized carbons (Fsp3) is 0.133. The van der Waals surface area contributed by atoms with Gasteiger partial charge in [-0.3, -0.25) is 0 Å². The second kappa shape index (κ2) is 6.21. The van der Waals surface area contributed by atoms with Crippen molar-refractivity contribution in [3.63, 3.8) is 0 Å². The van der Waals surface area contributed by atoms with E-state index in [9.17, 15) is 13.6 Å². The summed E-state index contributed by atoms with van der Waals surface area (Å²) in [7, 11) is 1.41. The molecule has 0 bridgehead atoms. The van der Waals surface area contributed by atoms with Gasteiger partial charge in [0.15, 0.2) is 0 Å². The number of hydrogen-bond acceptors (Lipinski definition) is 3. The molecule has 4 nitrogen and oxygen atoms in total. The lowest BCUT2D eigenvalue weighted by Gasteiger charge is -2.10. The van der Waals surface area contributed by atoms with Gasteiger partial charge in [-0.25, -0.2) is 13.6 Å². The summed E-state index contributed by atoms with van der Waals surface area (Å²) in [6.07, 6.45) is 0. The Balaban J connectivity index is 2.20. The van der Waals surface area contributed by atoms with Crippen LogP contribution in [-0.2, 0) is 6.61 Å². The molecule has 0 heterocycles. The summed E-state index contributed by atoms with van der Waals surface area (Å²) in [5.74, 6) is -2.24. The maximum atomic E-state index is 13.7. The van der Waals surface area contributed by atoms with Crippen LogP contribution in [0, 0.1) is 11.6 Å². The SMILES string of the molecule is COc1ccc(COc2cc(F)ccc2C(=O)O)c(F)c1. The molecule has 2 aromatic rings. The van der Waals surface area contributed by atoms with Crippen LogP contribution in [0.3, 0.4) is 0 Å². The molecular weight excluding hydrogens is 282 g/mol. The Bertz CT molecular complexity index is 671. The van der Waals surface area contributed by atoms with Crippen LogP contribution in [0.4, 0.5) is 8.78 Å². The van der Waals surface area contributed by atoms with Crippen LogP contribution in [0.1, 0.15) is 15.9 Å². The van der Waals surface area contributed by atoms with Gasteiger partial charge in [0.05, 0.1) is 7.11 Å². The van der Waals surface area contributed by atoms with Crippen LogP contribution in [0.5, 0.6) is 11.5 Å². The molecule has 6 heteroatoms. The molecule has 2 aromatic carbocycles. The Morgan fingerprint density at radius 3 is 2.57 bits per heavy atom. The zero-order chi connectivity index (χ0) is 15.4. The summed E-state index contributed by atoms with van der Waals surface area (Å²) in [5.41, 5.74) is 0.0155. The highest BCUT2D eigenvalue weighted by molar-refractivity contribution is 5.90. The Morgan fingerprint density at radius 1 is 1.19 bits per heavy atom. The van der Waals surface area contributed by atoms with E-state index in [4.69, 9.17) is 14.6 Å². The van der Waals surface area contributed by atoms with Gasteiger partial charge in [-0.2, -0.15) is 0 Å². The van der Waals surface area contributed by atoms with Crippen LogP contribution in [0.25, 0.3) is 0 Å². The highest BCUT2D eigenvalue weighted by atomic mass is 19.1. The van der Waals surface area contributed by atoms with Gasteiger partial charge in [0.1, 0.15) is 35.3 Å². The van der Waals surface area contributed by atoms with Crippen molar-refractivity contribution in [2.45, 2.75) is 6.61 Å². The van der Waals surface area contributed by atoms with Crippen molar-refractivity contribution in [1.29, 1.82) is 0 Å². The summed E-state index contributed by atoms with van der Waals surface area (Å²) in [6.45, 7) is -0.223. The number of halogens is 2. The third kappa shape index (κ3) is 3.47. The number of methoxy groups -OCH3 is 1. The van der Waals surface area contributed by atoms with E-state index in [0.29, 0.717) is 5.75 Å². The number of ether oxygens (including phenoxy) is 2. The zero-order valence-corrected chi connectivity index (χ0v) is 11.1. The maximum absolute atomic E-state index is 13.7. The molecule has 0 saturated carbocycles. The van der Waals surface area contributed by atoms with E-state index in [2.05, 4.69) is 0 Å². The number of carbonyl (C=O) groups is 1. The fourth-order valence-corrected chi connectivity index (χ4v) is 1.72. The minimum Gasteiger partial charge on any atom is -0.497 e. The number of hydrogen-bond donors (Lipinski definition) is 1. The van der Waals surface area contributed by atoms with Crippen molar-refractivity contribution < 1.29 is 28.2 Å². The maximum Gasteiger partial charge on any atom is 0.339 e. The van der Waals surface area contributed by atoms with Crippen LogP contribution in [0.2, 0.25) is 0 Å². The molecule has 0 spiro atoms. The van der Waals surface area contributed by atoms with Gasteiger partial charge in [-0.05, 0) is 24.3 Å². The predicted octanol–water partition coefficient (Wildman–Crippen LogP) is 3.25. The van der Waals surface area contributed by atoms with Crippen molar-refractivity contribution in [3.05, 3.63) is 59.2 Å². The van der Waals surface area contributed by atoms with Gasteiger partial charge in [-0.1, -0.05) is 0 Å². The third-order valence-corrected chi connectivity index (χ3v) is 2.82. The molecule has 0 amide bonds. The zero-order valence-electron chi connectivity index (χ0n) is 11.1. The highest BCUT2D eigenvalue weighted by Crippen LogP contribution is 2.23. The largest absolute Gasteiger partial charge is 0.497 e. The number of aromatic carboxylic acids is 1. The molecule has 110 valence electrons. The van der Waals surface area contributed by atoms with Gasteiger partial charge >= 0.3 is 5.97 Å². The second-order valence-electron chi connectivity index (χ2n) is 4.19. The Morgan fingerprint density at radius 2 is 1.95 bits per heavy atom. The van der Waals surface area contributed by atoms with E-state index in [1.165, 1.54) is 19.2 Å². The Labute approximate surface area is 119 Å². The van der Waals surface area contributed by atoms with E-state index in [-0.39, 0.29) is 23.5 Å². The van der Waals surface area contributed by atoms with Gasteiger partial charge < -0.3 is 14.6 Å². The lowest BCUT2D eigenvalue weighted by Crippen LogP contribution is -2.05. The molecule has 0 radical (unpaired) electrons. The minimum atomic E-state index is -1.25. The molecule has 2 rings (SSSR count). The smallest absolute Gasteiger partial charge is 0.339 e. The van der Waals surface area contributed by atoms with Crippen molar-refractivity contribution in [2.75, 3.05) is 7.11 Å². The van der Waals surface area contributed by atoms with Crippen LogP contribution in [0.15, 0.2) is 36.4 Å². The van der Waals surface area contributed by atoms with Crippen LogP contribution in [-0.4, -0.2) is 18.2 Å². The van der Waals surface area contributed by atoms with E-state index in [0.717, 1.165) is 18.2 Å². The molecule has 0 fully saturated rings. The first-order valence-corrected chi connectivity index (χ1v) is 5.99. The molecule has 0 aliphatic rings. The molecule has 0 unspecified atom stereocenters. The summed E-state index contributed by atoms with van der Waals surface area (Å²) < 4.78 is 37.0. The van der Waals surface area contributed by atoms with Crippen LogP contribution >= 0.6 is 0 Å². The molecule has 1 N–H and O–H groups in total. The van der Waals surface area contributed by atoms with E-state index in [1.54, 1.807) is 6.07 Å². The first-order valence-electron chi connectivity index (χ1n) is 5.99. The number of rotatable bonds is 5. The lowest BCUT2D eigenvalue weighted by molar-refractivity contribution is 0.0691. The predicted molar refractivity (Wildman–Crippen MR) is 70.6 cm³/mol. The van der Waals surface area contributed by atoms with Gasteiger partial charge in [0, 0.05) is 17.7 Å². The molecular formula is C15H12F2O4. The monoisotopic (exact) mass is 294 g/mol. The Kier molecular flexibility index (Phi) is 4.37. The minimum absolute atomic E-state index is 0.155. The lowest BCUT2D eigenvalue weighted by atomic mass is 10.2. The van der Waals surface area contributed by atoms with Crippen molar-refractivity contribution in [3.8, 4) is 11.5 Å². The topological polar surface area (TPSA) is 55.8 Å². The first-order chi connectivity index (χ1) is 10.0. The molecule has 0 aromatic heterocycles. The molecule has 0 aliphatic heterocycles. The van der Waals surface area contributed by atoms with E-state index < -0.39 is 17.6 Å². The number of benzene rings is 2. The van der Waals surface area contributed by atoms with Crippen LogP contribution < -0.4 is 9.47 Å². The molecule has 21 heavy (non-hydrogen) atoms. The quantitative estimate of drug-likeness (QED) is 0.919. The molecule has 0 aliphatic carbocycles. The average Bonchev–Trinajstić information content (AvgIpc) is 2.45. The standard InChI is InChI=1S/C15H12F2O4/c1-20-11-4-2-9(13(17)7-11)8-21-14-6-10(16)3-5-12(14)15(18)19/h2-7H,8H2,1H3,(H,18,19). The molecule has 0 atom stereocenters. The van der Waals surface area contributed by atoms with Gasteiger partial charge in [0.25, 0.3) is 0 Å². The summed E-state index contributed by atoms with van der Waals surface area (Å²) in [4.78, 5) is 11.0. The van der Waals surface area contributed by atoms with Gasteiger partial charge in [0.2, 0.25) is 0 Å². The fourth-order valence-electron chi connectivity index (χ4n) is 1.72. The summed E-state index contributed by atoms with van der Waals surface area (Å²) in [6, 6.07) is 7.24. The first kappa shape index (κ1) is 14.8. The normalized spacial score (nSPS) is 10.2. The summed E-state index contributed by atoms with van der Waals surface area (Å²) in [5, 5.41) is 8.98.